The first-order chi connectivity index (χ1) is 9.60. The summed E-state index contributed by atoms with van der Waals surface area (Å²) < 4.78 is 5.26. The van der Waals surface area contributed by atoms with Gasteiger partial charge in [-0.05, 0) is 57.0 Å². The zero-order chi connectivity index (χ0) is 15.4. The van der Waals surface area contributed by atoms with Crippen LogP contribution in [0.3, 0.4) is 0 Å². The van der Waals surface area contributed by atoms with Gasteiger partial charge in [0.25, 0.3) is 0 Å². The molecule has 0 aliphatic heterocycles. The summed E-state index contributed by atoms with van der Waals surface area (Å²) in [7, 11) is 1.79. The molecule has 0 aliphatic carbocycles. The van der Waals surface area contributed by atoms with Crippen molar-refractivity contribution in [3.05, 3.63) is 0 Å². The number of nitrogens with two attached hydrogens (primary N) is 1. The molecule has 0 aliphatic rings. The molecule has 0 aromatic rings. The second-order valence-electron chi connectivity index (χ2n) is 6.22. The fraction of sp³-hybridized carbons (Fsp3) is 1.00. The van der Waals surface area contributed by atoms with E-state index in [0.717, 1.165) is 31.5 Å². The highest BCUT2D eigenvalue weighted by molar-refractivity contribution is 4.71. The molecule has 0 radical (unpaired) electrons. The molecule has 122 valence electrons. The second kappa shape index (κ2) is 12.6. The van der Waals surface area contributed by atoms with Gasteiger partial charge in [-0.15, -0.1) is 0 Å². The summed E-state index contributed by atoms with van der Waals surface area (Å²) in [6.45, 7) is 13.2. The van der Waals surface area contributed by atoms with Gasteiger partial charge >= 0.3 is 0 Å². The highest BCUT2D eigenvalue weighted by atomic mass is 16.5. The van der Waals surface area contributed by atoms with Gasteiger partial charge in [0.15, 0.2) is 0 Å². The third-order valence-electron chi connectivity index (χ3n) is 4.54. The molecule has 0 spiro atoms. The standard InChI is InChI=1S/C17H38N2O/c1-6-17(7-2)19(13-14-20-5)12-8-9-16(10-11-18)15(3)4/h15-17H,6-14,18H2,1-5H3. The van der Waals surface area contributed by atoms with Crippen molar-refractivity contribution in [3.8, 4) is 0 Å². The second-order valence-corrected chi connectivity index (χ2v) is 6.22. The van der Waals surface area contributed by atoms with Gasteiger partial charge in [0, 0.05) is 19.7 Å². The van der Waals surface area contributed by atoms with Gasteiger partial charge in [0.2, 0.25) is 0 Å². The summed E-state index contributed by atoms with van der Waals surface area (Å²) in [5.74, 6) is 1.53. The van der Waals surface area contributed by atoms with Gasteiger partial charge < -0.3 is 10.5 Å². The number of rotatable bonds is 13. The number of hydrogen-bond donors (Lipinski definition) is 1. The smallest absolute Gasteiger partial charge is 0.0589 e. The molecule has 0 heterocycles. The van der Waals surface area contributed by atoms with Gasteiger partial charge in [0.05, 0.1) is 6.61 Å². The van der Waals surface area contributed by atoms with Crippen molar-refractivity contribution >= 4 is 0 Å². The Labute approximate surface area is 127 Å². The van der Waals surface area contributed by atoms with E-state index in [1.54, 1.807) is 7.11 Å². The average molecular weight is 287 g/mol. The van der Waals surface area contributed by atoms with Gasteiger partial charge in [-0.2, -0.15) is 0 Å². The lowest BCUT2D eigenvalue weighted by molar-refractivity contribution is 0.111. The molecule has 0 bridgehead atoms. The lowest BCUT2D eigenvalue weighted by Gasteiger charge is -2.31. The number of nitrogens with zero attached hydrogens (tertiary/aromatic N) is 1. The normalized spacial score (nSPS) is 13.7. The van der Waals surface area contributed by atoms with E-state index in [4.69, 9.17) is 10.5 Å². The maximum Gasteiger partial charge on any atom is 0.0589 e. The first-order valence-electron chi connectivity index (χ1n) is 8.53. The molecule has 0 aromatic carbocycles. The molecule has 0 saturated carbocycles. The lowest BCUT2D eigenvalue weighted by atomic mass is 9.88. The molecule has 1 unspecified atom stereocenters. The topological polar surface area (TPSA) is 38.5 Å². The first-order valence-corrected chi connectivity index (χ1v) is 8.53. The highest BCUT2D eigenvalue weighted by Crippen LogP contribution is 2.21. The summed E-state index contributed by atoms with van der Waals surface area (Å²) in [5.41, 5.74) is 5.73. The van der Waals surface area contributed by atoms with E-state index < -0.39 is 0 Å². The Balaban J connectivity index is 4.22. The molecule has 0 rings (SSSR count). The first kappa shape index (κ1) is 19.9. The van der Waals surface area contributed by atoms with Crippen LogP contribution in [0.5, 0.6) is 0 Å². The summed E-state index contributed by atoms with van der Waals surface area (Å²) in [6.07, 6.45) is 6.22. The minimum atomic E-state index is 0.706. The SMILES string of the molecule is CCC(CC)N(CCCC(CCN)C(C)C)CCOC. The molecule has 2 N–H and O–H groups in total. The van der Waals surface area contributed by atoms with Crippen LogP contribution in [-0.2, 0) is 4.74 Å². The third-order valence-corrected chi connectivity index (χ3v) is 4.54. The molecular weight excluding hydrogens is 248 g/mol. The molecule has 20 heavy (non-hydrogen) atoms. The van der Waals surface area contributed by atoms with Crippen LogP contribution >= 0.6 is 0 Å². The summed E-state index contributed by atoms with van der Waals surface area (Å²) in [4.78, 5) is 2.61. The van der Waals surface area contributed by atoms with Crippen molar-refractivity contribution in [3.63, 3.8) is 0 Å². The summed E-state index contributed by atoms with van der Waals surface area (Å²) in [5, 5.41) is 0. The van der Waals surface area contributed by atoms with E-state index >= 15 is 0 Å². The molecule has 0 saturated heterocycles. The molecular formula is C17H38N2O. The molecule has 1 atom stereocenters. The van der Waals surface area contributed by atoms with E-state index in [-0.39, 0.29) is 0 Å². The average Bonchev–Trinajstić information content (AvgIpc) is 2.43. The Hall–Kier alpha value is -0.120. The van der Waals surface area contributed by atoms with Gasteiger partial charge in [-0.25, -0.2) is 0 Å². The van der Waals surface area contributed by atoms with E-state index in [9.17, 15) is 0 Å². The Bertz CT molecular complexity index is 205. The Morgan fingerprint density at radius 2 is 1.70 bits per heavy atom. The van der Waals surface area contributed by atoms with E-state index in [2.05, 4.69) is 32.6 Å². The van der Waals surface area contributed by atoms with E-state index in [1.165, 1.54) is 38.6 Å². The van der Waals surface area contributed by atoms with Crippen LogP contribution in [0.4, 0.5) is 0 Å². The zero-order valence-electron chi connectivity index (χ0n) is 14.5. The van der Waals surface area contributed by atoms with Crippen LogP contribution in [0.25, 0.3) is 0 Å². The minimum Gasteiger partial charge on any atom is -0.383 e. The maximum atomic E-state index is 5.73. The van der Waals surface area contributed by atoms with Gasteiger partial charge in [0.1, 0.15) is 0 Å². The van der Waals surface area contributed by atoms with Crippen molar-refractivity contribution in [2.45, 2.75) is 65.8 Å². The third kappa shape index (κ3) is 8.23. The summed E-state index contributed by atoms with van der Waals surface area (Å²) in [6, 6.07) is 0.706. The fourth-order valence-corrected chi connectivity index (χ4v) is 3.07. The zero-order valence-corrected chi connectivity index (χ0v) is 14.5. The van der Waals surface area contributed by atoms with Crippen molar-refractivity contribution in [2.24, 2.45) is 17.6 Å². The van der Waals surface area contributed by atoms with Crippen LogP contribution in [0.2, 0.25) is 0 Å². The van der Waals surface area contributed by atoms with Crippen LogP contribution in [0.15, 0.2) is 0 Å². The van der Waals surface area contributed by atoms with Crippen molar-refractivity contribution in [1.29, 1.82) is 0 Å². The lowest BCUT2D eigenvalue weighted by Crippen LogP contribution is -2.38. The quantitative estimate of drug-likeness (QED) is 0.563. The Morgan fingerprint density at radius 3 is 2.15 bits per heavy atom. The van der Waals surface area contributed by atoms with Crippen LogP contribution in [0.1, 0.15) is 59.8 Å². The van der Waals surface area contributed by atoms with E-state index in [0.29, 0.717) is 6.04 Å². The molecule has 3 nitrogen and oxygen atoms in total. The predicted octanol–water partition coefficient (Wildman–Crippen LogP) is 3.52. The Kier molecular flexibility index (Phi) is 12.5. The molecule has 0 fully saturated rings. The number of hydrogen-bond acceptors (Lipinski definition) is 3. The highest BCUT2D eigenvalue weighted by Gasteiger charge is 2.16. The van der Waals surface area contributed by atoms with Gasteiger partial charge in [-0.3, -0.25) is 4.90 Å². The van der Waals surface area contributed by atoms with Crippen molar-refractivity contribution < 1.29 is 4.74 Å². The van der Waals surface area contributed by atoms with Crippen LogP contribution < -0.4 is 5.73 Å². The van der Waals surface area contributed by atoms with Crippen molar-refractivity contribution in [1.82, 2.24) is 4.90 Å². The predicted molar refractivity (Wildman–Crippen MR) is 89.1 cm³/mol. The number of ether oxygens (including phenoxy) is 1. The van der Waals surface area contributed by atoms with Crippen molar-refractivity contribution in [2.75, 3.05) is 33.4 Å². The van der Waals surface area contributed by atoms with Crippen LogP contribution in [-0.4, -0.2) is 44.3 Å². The monoisotopic (exact) mass is 286 g/mol. The summed E-state index contributed by atoms with van der Waals surface area (Å²) >= 11 is 0. The largest absolute Gasteiger partial charge is 0.383 e. The fourth-order valence-electron chi connectivity index (χ4n) is 3.07. The van der Waals surface area contributed by atoms with Gasteiger partial charge in [-0.1, -0.05) is 27.7 Å². The maximum absolute atomic E-state index is 5.73. The molecule has 3 heteroatoms. The van der Waals surface area contributed by atoms with E-state index in [1.807, 2.05) is 0 Å². The molecule has 0 amide bonds. The van der Waals surface area contributed by atoms with Crippen LogP contribution in [0, 0.1) is 11.8 Å². The Morgan fingerprint density at radius 1 is 1.05 bits per heavy atom. The molecule has 0 aromatic heterocycles. The minimum absolute atomic E-state index is 0.706. The number of methoxy groups -OCH3 is 1.